The number of rotatable bonds is 7. The Kier molecular flexibility index (Phi) is 6.98. The van der Waals surface area contributed by atoms with Gasteiger partial charge in [0.1, 0.15) is 0 Å². The second-order valence-corrected chi connectivity index (χ2v) is 6.53. The third-order valence-corrected chi connectivity index (χ3v) is 4.07. The van der Waals surface area contributed by atoms with Crippen LogP contribution in [0.4, 0.5) is 18.9 Å². The number of nitrogens with one attached hydrogen (secondary N) is 2. The van der Waals surface area contributed by atoms with Crippen molar-refractivity contribution in [1.82, 2.24) is 5.32 Å². The molecule has 7 heteroatoms. The highest BCUT2D eigenvalue weighted by atomic mass is 19.4. The molecule has 3 N–H and O–H groups in total. The number of benzene rings is 2. The summed E-state index contributed by atoms with van der Waals surface area (Å²) in [4.78, 5) is 11.0. The zero-order valence-corrected chi connectivity index (χ0v) is 15.2. The van der Waals surface area contributed by atoms with Gasteiger partial charge < -0.3 is 15.7 Å². The molecule has 0 aliphatic rings. The summed E-state index contributed by atoms with van der Waals surface area (Å²) in [7, 11) is 0. The lowest BCUT2D eigenvalue weighted by Crippen LogP contribution is -2.32. The molecular formula is C20H23F3N2O2. The van der Waals surface area contributed by atoms with E-state index in [1.807, 2.05) is 19.1 Å². The second-order valence-electron chi connectivity index (χ2n) is 6.53. The highest BCUT2D eigenvalue weighted by Gasteiger charge is 2.30. The van der Waals surface area contributed by atoms with E-state index in [4.69, 9.17) is 0 Å². The lowest BCUT2D eigenvalue weighted by molar-refractivity contribution is -0.137. The van der Waals surface area contributed by atoms with Gasteiger partial charge in [-0.3, -0.25) is 4.79 Å². The quantitative estimate of drug-likeness (QED) is 0.682. The maximum atomic E-state index is 12.8. The van der Waals surface area contributed by atoms with Gasteiger partial charge in [0.05, 0.1) is 11.7 Å². The molecule has 2 unspecified atom stereocenters. The summed E-state index contributed by atoms with van der Waals surface area (Å²) in [5, 5.41) is 16.0. The van der Waals surface area contributed by atoms with Gasteiger partial charge in [-0.15, -0.1) is 0 Å². The normalized spacial score (nSPS) is 13.9. The van der Waals surface area contributed by atoms with Crippen LogP contribution < -0.4 is 10.6 Å². The predicted octanol–water partition coefficient (Wildman–Crippen LogP) is 3.92. The van der Waals surface area contributed by atoms with E-state index in [9.17, 15) is 23.1 Å². The molecular weight excluding hydrogens is 357 g/mol. The number of halogens is 3. The minimum atomic E-state index is -4.43. The van der Waals surface area contributed by atoms with Crippen LogP contribution in [-0.4, -0.2) is 23.6 Å². The van der Waals surface area contributed by atoms with E-state index < -0.39 is 17.8 Å². The molecule has 2 aromatic carbocycles. The number of amides is 1. The van der Waals surface area contributed by atoms with E-state index in [2.05, 4.69) is 10.6 Å². The van der Waals surface area contributed by atoms with Gasteiger partial charge in [0.15, 0.2) is 0 Å². The Labute approximate surface area is 156 Å². The summed E-state index contributed by atoms with van der Waals surface area (Å²) in [5.41, 5.74) is 1.21. The fraction of sp³-hybridized carbons (Fsp3) is 0.350. The lowest BCUT2D eigenvalue weighted by atomic mass is 10.0. The zero-order valence-electron chi connectivity index (χ0n) is 15.2. The number of alkyl halides is 3. The molecule has 0 aliphatic heterocycles. The van der Waals surface area contributed by atoms with Crippen molar-refractivity contribution in [2.24, 2.45) is 0 Å². The van der Waals surface area contributed by atoms with Crippen molar-refractivity contribution in [2.75, 3.05) is 11.9 Å². The van der Waals surface area contributed by atoms with Crippen LogP contribution in [0.5, 0.6) is 0 Å². The number of anilines is 1. The molecule has 0 saturated carbocycles. The summed E-state index contributed by atoms with van der Waals surface area (Å²) in [6, 6.07) is 12.1. The molecule has 1 amide bonds. The average Bonchev–Trinajstić information content (AvgIpc) is 2.60. The Balaban J connectivity index is 1.88. The van der Waals surface area contributed by atoms with Crippen LogP contribution in [0.1, 0.15) is 36.6 Å². The van der Waals surface area contributed by atoms with Crippen LogP contribution in [0, 0.1) is 0 Å². The van der Waals surface area contributed by atoms with Crippen molar-refractivity contribution in [2.45, 2.75) is 38.6 Å². The molecule has 0 fully saturated rings. The molecule has 0 saturated heterocycles. The van der Waals surface area contributed by atoms with Crippen molar-refractivity contribution in [3.63, 3.8) is 0 Å². The Morgan fingerprint density at radius 1 is 1.15 bits per heavy atom. The Morgan fingerprint density at radius 2 is 1.81 bits per heavy atom. The molecule has 2 atom stereocenters. The molecule has 146 valence electrons. The van der Waals surface area contributed by atoms with Gasteiger partial charge in [-0.25, -0.2) is 0 Å². The van der Waals surface area contributed by atoms with E-state index in [1.54, 1.807) is 12.1 Å². The zero-order chi connectivity index (χ0) is 20.0. The Hall–Kier alpha value is -2.38. The highest BCUT2D eigenvalue weighted by Crippen LogP contribution is 2.30. The van der Waals surface area contributed by atoms with Crippen LogP contribution in [0.3, 0.4) is 0 Å². The smallest absolute Gasteiger partial charge is 0.387 e. The molecule has 0 heterocycles. The molecule has 27 heavy (non-hydrogen) atoms. The van der Waals surface area contributed by atoms with Crippen molar-refractivity contribution < 1.29 is 23.1 Å². The van der Waals surface area contributed by atoms with Crippen molar-refractivity contribution >= 4 is 11.6 Å². The first kappa shape index (κ1) is 20.9. The minimum Gasteiger partial charge on any atom is -0.387 e. The first-order valence-corrected chi connectivity index (χ1v) is 8.60. The summed E-state index contributed by atoms with van der Waals surface area (Å²) < 4.78 is 38.3. The maximum absolute atomic E-state index is 12.8. The monoisotopic (exact) mass is 380 g/mol. The first-order valence-electron chi connectivity index (χ1n) is 8.60. The topological polar surface area (TPSA) is 61.4 Å². The second kappa shape index (κ2) is 9.01. The van der Waals surface area contributed by atoms with E-state index in [1.165, 1.54) is 19.1 Å². The summed E-state index contributed by atoms with van der Waals surface area (Å²) >= 11 is 0. The molecule has 0 aliphatic carbocycles. The van der Waals surface area contributed by atoms with Gasteiger partial charge in [-0.05, 0) is 48.7 Å². The molecule has 4 nitrogen and oxygen atoms in total. The average molecular weight is 380 g/mol. The molecule has 2 rings (SSSR count). The summed E-state index contributed by atoms with van der Waals surface area (Å²) in [5.74, 6) is -0.138. The molecule has 0 radical (unpaired) electrons. The van der Waals surface area contributed by atoms with Gasteiger partial charge in [0.2, 0.25) is 5.91 Å². The Morgan fingerprint density at radius 3 is 2.41 bits per heavy atom. The summed E-state index contributed by atoms with van der Waals surface area (Å²) in [6.45, 7) is 3.52. The first-order chi connectivity index (χ1) is 12.6. The summed E-state index contributed by atoms with van der Waals surface area (Å²) in [6.07, 6.45) is -4.79. The van der Waals surface area contributed by atoms with Crippen molar-refractivity contribution in [3.05, 3.63) is 65.2 Å². The van der Waals surface area contributed by atoms with Crippen LogP contribution >= 0.6 is 0 Å². The Bertz CT molecular complexity index is 761. The van der Waals surface area contributed by atoms with Gasteiger partial charge in [-0.2, -0.15) is 13.2 Å². The van der Waals surface area contributed by atoms with E-state index in [0.29, 0.717) is 12.1 Å². The number of carbonyl (C=O) groups is 1. The molecule has 0 aromatic heterocycles. The van der Waals surface area contributed by atoms with Gasteiger partial charge >= 0.3 is 6.18 Å². The molecule has 0 bridgehead atoms. The minimum absolute atomic E-state index is 0.0112. The largest absolute Gasteiger partial charge is 0.416 e. The van der Waals surface area contributed by atoms with Crippen molar-refractivity contribution in [1.29, 1.82) is 0 Å². The van der Waals surface area contributed by atoms with E-state index >= 15 is 0 Å². The number of carbonyl (C=O) groups excluding carboxylic acids is 1. The van der Waals surface area contributed by atoms with Gasteiger partial charge in [0, 0.05) is 25.2 Å². The van der Waals surface area contributed by atoms with E-state index in [0.717, 1.165) is 17.7 Å². The number of hydrogen-bond acceptors (Lipinski definition) is 3. The van der Waals surface area contributed by atoms with Crippen LogP contribution in [0.2, 0.25) is 0 Å². The third kappa shape index (κ3) is 6.69. The van der Waals surface area contributed by atoms with Gasteiger partial charge in [-0.1, -0.05) is 24.3 Å². The van der Waals surface area contributed by atoms with Crippen LogP contribution in [0.25, 0.3) is 0 Å². The molecule has 2 aromatic rings. The molecule has 0 spiro atoms. The number of aliphatic hydroxyl groups excluding tert-OH is 1. The van der Waals surface area contributed by atoms with Crippen molar-refractivity contribution in [3.8, 4) is 0 Å². The van der Waals surface area contributed by atoms with E-state index in [-0.39, 0.29) is 24.1 Å². The third-order valence-electron chi connectivity index (χ3n) is 4.07. The maximum Gasteiger partial charge on any atom is 0.416 e. The SMILES string of the molecule is CC(=O)Nc1ccc(CC(C)NCC(O)c2cccc(C(F)(F)F)c2)cc1. The van der Waals surface area contributed by atoms with Crippen LogP contribution in [0.15, 0.2) is 48.5 Å². The fourth-order valence-corrected chi connectivity index (χ4v) is 2.71. The highest BCUT2D eigenvalue weighted by molar-refractivity contribution is 5.88. The number of aliphatic hydroxyl groups is 1. The standard InChI is InChI=1S/C20H23F3N2O2/c1-13(10-15-6-8-18(9-7-15)25-14(2)26)24-12-19(27)16-4-3-5-17(11-16)20(21,22)23/h3-9,11,13,19,24,27H,10,12H2,1-2H3,(H,25,26). The lowest BCUT2D eigenvalue weighted by Gasteiger charge is -2.18. The number of hydrogen-bond donors (Lipinski definition) is 3. The van der Waals surface area contributed by atoms with Gasteiger partial charge in [0.25, 0.3) is 0 Å². The fourth-order valence-electron chi connectivity index (χ4n) is 2.71. The van der Waals surface area contributed by atoms with Crippen LogP contribution in [-0.2, 0) is 17.4 Å². The predicted molar refractivity (Wildman–Crippen MR) is 98.3 cm³/mol.